The molecule has 0 spiro atoms. The van der Waals surface area contributed by atoms with Crippen LogP contribution in [0.5, 0.6) is 0 Å². The number of aromatic nitrogens is 2. The number of benzene rings is 2. The lowest BCUT2D eigenvalue weighted by Crippen LogP contribution is -2.22. The first-order valence-electron chi connectivity index (χ1n) is 9.47. The Kier molecular flexibility index (Phi) is 5.24. The fourth-order valence-corrected chi connectivity index (χ4v) is 3.56. The predicted molar refractivity (Wildman–Crippen MR) is 107 cm³/mol. The number of nitrogens with one attached hydrogen (secondary N) is 1. The molecule has 1 heterocycles. The number of hydrogen-bond donors (Lipinski definition) is 1. The van der Waals surface area contributed by atoms with E-state index in [1.807, 2.05) is 60.7 Å². The molecule has 2 aromatic carbocycles. The number of anilines is 1. The Labute approximate surface area is 163 Å². The number of aryl methyl sites for hydroxylation is 1. The van der Waals surface area contributed by atoms with Crippen molar-refractivity contribution in [1.29, 1.82) is 0 Å². The minimum Gasteiger partial charge on any atom is -0.295 e. The van der Waals surface area contributed by atoms with Crippen LogP contribution in [0, 0.1) is 0 Å². The van der Waals surface area contributed by atoms with Gasteiger partial charge in [-0.15, -0.1) is 0 Å². The Morgan fingerprint density at radius 3 is 2.46 bits per heavy atom. The third-order valence-electron chi connectivity index (χ3n) is 5.05. The lowest BCUT2D eigenvalue weighted by atomic mass is 9.82. The summed E-state index contributed by atoms with van der Waals surface area (Å²) in [6, 6.07) is 19.9. The van der Waals surface area contributed by atoms with Crippen LogP contribution in [0.1, 0.15) is 45.9 Å². The summed E-state index contributed by atoms with van der Waals surface area (Å²) in [4.78, 5) is 33.4. The normalized spacial score (nSPS) is 15.7. The third kappa shape index (κ3) is 4.14. The van der Waals surface area contributed by atoms with E-state index in [2.05, 4.69) is 15.3 Å². The topological polar surface area (TPSA) is 72.0 Å². The fourth-order valence-electron chi connectivity index (χ4n) is 3.56. The lowest BCUT2D eigenvalue weighted by molar-refractivity contribution is -0.116. The highest BCUT2D eigenvalue weighted by molar-refractivity contribution is 5.98. The number of rotatable bonds is 5. The highest BCUT2D eigenvalue weighted by atomic mass is 16.1. The monoisotopic (exact) mass is 371 g/mol. The van der Waals surface area contributed by atoms with Gasteiger partial charge in [0.25, 0.3) is 0 Å². The molecule has 0 aliphatic heterocycles. The second-order valence-electron chi connectivity index (χ2n) is 7.03. The number of carbonyl (C=O) groups excluding carboxylic acids is 2. The van der Waals surface area contributed by atoms with Gasteiger partial charge in [-0.05, 0) is 29.9 Å². The van der Waals surface area contributed by atoms with E-state index in [-0.39, 0.29) is 23.6 Å². The molecule has 1 aliphatic carbocycles. The first kappa shape index (κ1) is 18.0. The van der Waals surface area contributed by atoms with Crippen LogP contribution in [0.4, 0.5) is 5.95 Å². The van der Waals surface area contributed by atoms with Gasteiger partial charge in [-0.1, -0.05) is 60.7 Å². The first-order valence-corrected chi connectivity index (χ1v) is 9.47. The fraction of sp³-hybridized carbons (Fsp3) is 0.217. The number of ketones is 1. The molecular weight excluding hydrogens is 350 g/mol. The SMILES string of the molecule is O=C(CCc1ccccc1)Nc1ncc2c(n1)CC(c1ccccc1)CC2=O. The van der Waals surface area contributed by atoms with Crippen molar-refractivity contribution in [3.8, 4) is 0 Å². The molecule has 1 amide bonds. The van der Waals surface area contributed by atoms with Crippen LogP contribution < -0.4 is 5.32 Å². The molecule has 0 saturated heterocycles. The molecule has 0 fully saturated rings. The summed E-state index contributed by atoms with van der Waals surface area (Å²) in [6.07, 6.45) is 3.69. The van der Waals surface area contributed by atoms with E-state index in [0.29, 0.717) is 36.9 Å². The van der Waals surface area contributed by atoms with Crippen LogP contribution in [0.25, 0.3) is 0 Å². The maximum absolute atomic E-state index is 12.5. The summed E-state index contributed by atoms with van der Waals surface area (Å²) in [5.41, 5.74) is 3.52. The molecule has 140 valence electrons. The molecule has 3 aromatic rings. The zero-order valence-electron chi connectivity index (χ0n) is 15.5. The molecule has 1 aliphatic rings. The van der Waals surface area contributed by atoms with E-state index < -0.39 is 0 Å². The molecular formula is C23H21N3O2. The standard InChI is InChI=1S/C23H21N3O2/c27-21-14-18(17-9-5-2-6-10-17)13-20-19(21)15-24-23(25-20)26-22(28)12-11-16-7-3-1-4-8-16/h1-10,15,18H,11-14H2,(H,24,25,26,28). The minimum absolute atomic E-state index is 0.0528. The summed E-state index contributed by atoms with van der Waals surface area (Å²) in [5, 5.41) is 2.76. The van der Waals surface area contributed by atoms with Crippen LogP contribution in [0.2, 0.25) is 0 Å². The Morgan fingerprint density at radius 2 is 1.71 bits per heavy atom. The van der Waals surface area contributed by atoms with Crippen LogP contribution in [-0.4, -0.2) is 21.7 Å². The lowest BCUT2D eigenvalue weighted by Gasteiger charge is -2.23. The molecule has 0 bridgehead atoms. The average Bonchev–Trinajstić information content (AvgIpc) is 2.73. The number of carbonyl (C=O) groups is 2. The Balaban J connectivity index is 1.44. The van der Waals surface area contributed by atoms with Crippen LogP contribution in [-0.2, 0) is 17.6 Å². The number of hydrogen-bond acceptors (Lipinski definition) is 4. The number of Topliss-reactive ketones (excluding diaryl/α,β-unsaturated/α-hetero) is 1. The molecule has 0 saturated carbocycles. The van der Waals surface area contributed by atoms with Crippen molar-refractivity contribution >= 4 is 17.6 Å². The van der Waals surface area contributed by atoms with Gasteiger partial charge >= 0.3 is 0 Å². The minimum atomic E-state index is -0.134. The van der Waals surface area contributed by atoms with E-state index in [0.717, 1.165) is 11.1 Å². The van der Waals surface area contributed by atoms with Crippen molar-refractivity contribution in [3.05, 3.63) is 89.2 Å². The molecule has 0 radical (unpaired) electrons. The first-order chi connectivity index (χ1) is 13.7. The van der Waals surface area contributed by atoms with Gasteiger partial charge in [-0.3, -0.25) is 14.9 Å². The van der Waals surface area contributed by atoms with Crippen LogP contribution in [0.3, 0.4) is 0 Å². The molecule has 1 aromatic heterocycles. The van der Waals surface area contributed by atoms with Gasteiger partial charge in [0.15, 0.2) is 5.78 Å². The molecule has 4 rings (SSSR count). The Morgan fingerprint density at radius 1 is 1.00 bits per heavy atom. The molecule has 28 heavy (non-hydrogen) atoms. The van der Waals surface area contributed by atoms with Crippen molar-refractivity contribution in [2.24, 2.45) is 0 Å². The zero-order valence-corrected chi connectivity index (χ0v) is 15.5. The van der Waals surface area contributed by atoms with E-state index in [1.165, 1.54) is 0 Å². The van der Waals surface area contributed by atoms with E-state index in [1.54, 1.807) is 6.20 Å². The maximum Gasteiger partial charge on any atom is 0.229 e. The summed E-state index contributed by atoms with van der Waals surface area (Å²) in [5.74, 6) is 0.290. The van der Waals surface area contributed by atoms with Crippen molar-refractivity contribution in [2.45, 2.75) is 31.6 Å². The van der Waals surface area contributed by atoms with Crippen molar-refractivity contribution in [3.63, 3.8) is 0 Å². The third-order valence-corrected chi connectivity index (χ3v) is 5.05. The van der Waals surface area contributed by atoms with Gasteiger partial charge in [0.1, 0.15) is 0 Å². The van der Waals surface area contributed by atoms with Crippen LogP contribution >= 0.6 is 0 Å². The molecule has 1 atom stereocenters. The molecule has 1 N–H and O–H groups in total. The van der Waals surface area contributed by atoms with E-state index in [4.69, 9.17) is 0 Å². The van der Waals surface area contributed by atoms with Gasteiger partial charge in [0.2, 0.25) is 11.9 Å². The highest BCUT2D eigenvalue weighted by Crippen LogP contribution is 2.31. The average molecular weight is 371 g/mol. The Bertz CT molecular complexity index is 987. The maximum atomic E-state index is 12.5. The Hall–Kier alpha value is -3.34. The summed E-state index contributed by atoms with van der Waals surface area (Å²) in [6.45, 7) is 0. The highest BCUT2D eigenvalue weighted by Gasteiger charge is 2.28. The van der Waals surface area contributed by atoms with Crippen molar-refractivity contribution in [1.82, 2.24) is 9.97 Å². The summed E-state index contributed by atoms with van der Waals surface area (Å²) < 4.78 is 0. The van der Waals surface area contributed by atoms with E-state index >= 15 is 0 Å². The second-order valence-corrected chi connectivity index (χ2v) is 7.03. The molecule has 1 unspecified atom stereocenters. The second kappa shape index (κ2) is 8.13. The smallest absolute Gasteiger partial charge is 0.229 e. The van der Waals surface area contributed by atoms with E-state index in [9.17, 15) is 9.59 Å². The van der Waals surface area contributed by atoms with Gasteiger partial charge in [-0.2, -0.15) is 0 Å². The van der Waals surface area contributed by atoms with Gasteiger partial charge in [-0.25, -0.2) is 9.97 Å². The summed E-state index contributed by atoms with van der Waals surface area (Å²) in [7, 11) is 0. The van der Waals surface area contributed by atoms with Crippen molar-refractivity contribution in [2.75, 3.05) is 5.32 Å². The zero-order chi connectivity index (χ0) is 19.3. The van der Waals surface area contributed by atoms with Gasteiger partial charge in [0.05, 0.1) is 11.3 Å². The quantitative estimate of drug-likeness (QED) is 0.737. The number of nitrogens with zero attached hydrogens (tertiary/aromatic N) is 2. The molecule has 5 heteroatoms. The van der Waals surface area contributed by atoms with Gasteiger partial charge < -0.3 is 0 Å². The van der Waals surface area contributed by atoms with Crippen molar-refractivity contribution < 1.29 is 9.59 Å². The molecule has 5 nitrogen and oxygen atoms in total. The number of amides is 1. The summed E-state index contributed by atoms with van der Waals surface area (Å²) >= 11 is 0. The van der Waals surface area contributed by atoms with Crippen LogP contribution in [0.15, 0.2) is 66.9 Å². The largest absolute Gasteiger partial charge is 0.295 e. The van der Waals surface area contributed by atoms with Gasteiger partial charge in [0, 0.05) is 19.0 Å². The predicted octanol–water partition coefficient (Wildman–Crippen LogP) is 3.96. The number of fused-ring (bicyclic) bond motifs is 1.